The molecule has 0 radical (unpaired) electrons. The van der Waals surface area contributed by atoms with Crippen molar-refractivity contribution in [2.75, 3.05) is 13.2 Å². The molecule has 0 aliphatic carbocycles. The highest BCUT2D eigenvalue weighted by molar-refractivity contribution is 5.98. The van der Waals surface area contributed by atoms with Gasteiger partial charge in [0.05, 0.1) is 17.9 Å². The molecule has 0 unspecified atom stereocenters. The Balaban J connectivity index is 2.77. The lowest BCUT2D eigenvalue weighted by atomic mass is 10.1. The van der Waals surface area contributed by atoms with Crippen LogP contribution >= 0.6 is 0 Å². The number of benzene rings is 1. The Morgan fingerprint density at radius 2 is 1.88 bits per heavy atom. The maximum atomic E-state index is 12.3. The van der Waals surface area contributed by atoms with E-state index in [9.17, 15) is 13.2 Å². The number of hydrogen-bond donors (Lipinski definition) is 1. The first-order valence-electron chi connectivity index (χ1n) is 4.90. The average molecular weight is 247 g/mol. The van der Waals surface area contributed by atoms with Gasteiger partial charge in [-0.05, 0) is 24.6 Å². The van der Waals surface area contributed by atoms with E-state index in [1.807, 2.05) is 0 Å². The summed E-state index contributed by atoms with van der Waals surface area (Å²) in [5.41, 5.74) is 0.286. The first-order chi connectivity index (χ1) is 7.95. The molecule has 0 aliphatic rings. The second-order valence-electron chi connectivity index (χ2n) is 3.31. The van der Waals surface area contributed by atoms with Crippen molar-refractivity contribution >= 4 is 5.71 Å². The third-order valence-corrected chi connectivity index (χ3v) is 2.01. The van der Waals surface area contributed by atoms with Gasteiger partial charge in [0.25, 0.3) is 0 Å². The third kappa shape index (κ3) is 4.07. The molecule has 0 fully saturated rings. The van der Waals surface area contributed by atoms with E-state index in [0.29, 0.717) is 11.3 Å². The van der Waals surface area contributed by atoms with Gasteiger partial charge in [0.2, 0.25) is 0 Å². The van der Waals surface area contributed by atoms with Gasteiger partial charge in [-0.2, -0.15) is 13.2 Å². The van der Waals surface area contributed by atoms with Crippen LogP contribution in [0.3, 0.4) is 0 Å². The number of oxime groups is 1. The molecule has 0 aromatic heterocycles. The van der Waals surface area contributed by atoms with Gasteiger partial charge >= 0.3 is 6.18 Å². The predicted octanol–water partition coefficient (Wildman–Crippen LogP) is 2.44. The van der Waals surface area contributed by atoms with Gasteiger partial charge in [-0.1, -0.05) is 17.3 Å². The van der Waals surface area contributed by atoms with Crippen molar-refractivity contribution in [2.24, 2.45) is 5.16 Å². The number of halogens is 3. The summed E-state index contributed by atoms with van der Waals surface area (Å²) >= 11 is 0. The van der Waals surface area contributed by atoms with Crippen molar-refractivity contribution < 1.29 is 23.1 Å². The standard InChI is InChI=1S/C11H12F3NO2/c1-8(15-17-7-6-16)9-2-4-10(5-3-9)11(12,13)14/h2-5,16H,6-7H2,1H3. The lowest BCUT2D eigenvalue weighted by Crippen LogP contribution is -2.05. The van der Waals surface area contributed by atoms with Gasteiger partial charge in [-0.3, -0.25) is 0 Å². The van der Waals surface area contributed by atoms with Gasteiger partial charge in [0.15, 0.2) is 0 Å². The van der Waals surface area contributed by atoms with Crippen molar-refractivity contribution in [3.8, 4) is 0 Å². The summed E-state index contributed by atoms with van der Waals surface area (Å²) in [4.78, 5) is 4.71. The minimum Gasteiger partial charge on any atom is -0.393 e. The van der Waals surface area contributed by atoms with Crippen LogP contribution in [0.1, 0.15) is 18.1 Å². The number of nitrogens with zero attached hydrogens (tertiary/aromatic N) is 1. The number of aliphatic hydroxyl groups excluding tert-OH is 1. The van der Waals surface area contributed by atoms with Crippen molar-refractivity contribution in [1.29, 1.82) is 0 Å². The highest BCUT2D eigenvalue weighted by Crippen LogP contribution is 2.29. The molecule has 0 heterocycles. The molecule has 1 aromatic rings. The van der Waals surface area contributed by atoms with Crippen LogP contribution in [-0.2, 0) is 11.0 Å². The van der Waals surface area contributed by atoms with Crippen LogP contribution in [0.4, 0.5) is 13.2 Å². The molecule has 1 rings (SSSR count). The fourth-order valence-electron chi connectivity index (χ4n) is 1.14. The van der Waals surface area contributed by atoms with Crippen LogP contribution in [-0.4, -0.2) is 24.0 Å². The lowest BCUT2D eigenvalue weighted by Gasteiger charge is -2.07. The Hall–Kier alpha value is -1.56. The molecule has 1 N–H and O–H groups in total. The molecule has 0 saturated carbocycles. The van der Waals surface area contributed by atoms with Gasteiger partial charge < -0.3 is 9.94 Å². The summed E-state index contributed by atoms with van der Waals surface area (Å²) in [5, 5.41) is 12.1. The third-order valence-electron chi connectivity index (χ3n) is 2.01. The smallest absolute Gasteiger partial charge is 0.393 e. The quantitative estimate of drug-likeness (QED) is 0.504. The Morgan fingerprint density at radius 3 is 2.35 bits per heavy atom. The Labute approximate surface area is 96.5 Å². The summed E-state index contributed by atoms with van der Waals surface area (Å²) in [6.45, 7) is 1.50. The van der Waals surface area contributed by atoms with E-state index in [-0.39, 0.29) is 13.2 Å². The number of hydrogen-bond acceptors (Lipinski definition) is 3. The van der Waals surface area contributed by atoms with E-state index in [1.165, 1.54) is 12.1 Å². The average Bonchev–Trinajstić information content (AvgIpc) is 2.28. The van der Waals surface area contributed by atoms with Gasteiger partial charge in [0.1, 0.15) is 6.61 Å². The highest BCUT2D eigenvalue weighted by Gasteiger charge is 2.29. The fraction of sp³-hybridized carbons (Fsp3) is 0.364. The van der Waals surface area contributed by atoms with Gasteiger partial charge in [0, 0.05) is 0 Å². The van der Waals surface area contributed by atoms with Crippen molar-refractivity contribution in [1.82, 2.24) is 0 Å². The number of alkyl halides is 3. The van der Waals surface area contributed by atoms with E-state index < -0.39 is 11.7 Å². The minimum absolute atomic E-state index is 0.0535. The molecule has 0 amide bonds. The van der Waals surface area contributed by atoms with E-state index in [4.69, 9.17) is 9.94 Å². The van der Waals surface area contributed by atoms with Crippen molar-refractivity contribution in [3.05, 3.63) is 35.4 Å². The zero-order chi connectivity index (χ0) is 12.9. The molecule has 3 nitrogen and oxygen atoms in total. The Morgan fingerprint density at radius 1 is 1.29 bits per heavy atom. The highest BCUT2D eigenvalue weighted by atomic mass is 19.4. The molecule has 0 aliphatic heterocycles. The summed E-state index contributed by atoms with van der Waals surface area (Å²) in [6.07, 6.45) is -4.34. The molecule has 0 spiro atoms. The second kappa shape index (κ2) is 5.67. The molecule has 0 saturated heterocycles. The van der Waals surface area contributed by atoms with E-state index in [2.05, 4.69) is 5.16 Å². The molecule has 94 valence electrons. The van der Waals surface area contributed by atoms with Crippen LogP contribution in [0.5, 0.6) is 0 Å². The lowest BCUT2D eigenvalue weighted by molar-refractivity contribution is -0.137. The number of aliphatic hydroxyl groups is 1. The fourth-order valence-corrected chi connectivity index (χ4v) is 1.14. The number of rotatable bonds is 4. The first-order valence-corrected chi connectivity index (χ1v) is 4.90. The van der Waals surface area contributed by atoms with Crippen LogP contribution in [0.15, 0.2) is 29.4 Å². The van der Waals surface area contributed by atoms with Crippen LogP contribution in [0.2, 0.25) is 0 Å². The summed E-state index contributed by atoms with van der Waals surface area (Å²) < 4.78 is 36.9. The molecule has 17 heavy (non-hydrogen) atoms. The normalized spacial score (nSPS) is 12.6. The van der Waals surface area contributed by atoms with Crippen molar-refractivity contribution in [3.63, 3.8) is 0 Å². The summed E-state index contributed by atoms with van der Waals surface area (Å²) in [6, 6.07) is 4.62. The maximum absolute atomic E-state index is 12.3. The monoisotopic (exact) mass is 247 g/mol. The maximum Gasteiger partial charge on any atom is 0.416 e. The zero-order valence-corrected chi connectivity index (χ0v) is 9.16. The molecular formula is C11H12F3NO2. The van der Waals surface area contributed by atoms with E-state index >= 15 is 0 Å². The molecular weight excluding hydrogens is 235 g/mol. The molecule has 1 aromatic carbocycles. The van der Waals surface area contributed by atoms with Gasteiger partial charge in [-0.15, -0.1) is 0 Å². The zero-order valence-electron chi connectivity index (χ0n) is 9.16. The van der Waals surface area contributed by atoms with Crippen LogP contribution in [0.25, 0.3) is 0 Å². The SMILES string of the molecule is CC(=NOCCO)c1ccc(C(F)(F)F)cc1. The second-order valence-corrected chi connectivity index (χ2v) is 3.31. The Bertz CT molecular complexity index is 385. The molecule has 6 heteroatoms. The first kappa shape index (κ1) is 13.5. The minimum atomic E-state index is -4.34. The largest absolute Gasteiger partial charge is 0.416 e. The van der Waals surface area contributed by atoms with Gasteiger partial charge in [-0.25, -0.2) is 0 Å². The molecule has 0 bridgehead atoms. The summed E-state index contributed by atoms with van der Waals surface area (Å²) in [5.74, 6) is 0. The summed E-state index contributed by atoms with van der Waals surface area (Å²) in [7, 11) is 0. The predicted molar refractivity (Wildman–Crippen MR) is 56.7 cm³/mol. The van der Waals surface area contributed by atoms with E-state index in [1.54, 1.807) is 6.92 Å². The topological polar surface area (TPSA) is 41.8 Å². The van der Waals surface area contributed by atoms with Crippen molar-refractivity contribution in [2.45, 2.75) is 13.1 Å². The van der Waals surface area contributed by atoms with E-state index in [0.717, 1.165) is 12.1 Å². The van der Waals surface area contributed by atoms with Crippen LogP contribution in [0, 0.1) is 0 Å². The Kier molecular flexibility index (Phi) is 4.51. The van der Waals surface area contributed by atoms with Crippen LogP contribution < -0.4 is 0 Å². The molecule has 0 atom stereocenters.